The number of hydrogen-bond acceptors (Lipinski definition) is 3. The number of likely N-dealkylation sites (tertiary alicyclic amines) is 1. The molecule has 6 heteroatoms. The molecule has 0 bridgehead atoms. The van der Waals surface area contributed by atoms with Crippen molar-refractivity contribution in [2.45, 2.75) is 26.7 Å². The summed E-state index contributed by atoms with van der Waals surface area (Å²) in [7, 11) is 0. The topological polar surface area (TPSA) is 52.7 Å². The van der Waals surface area contributed by atoms with Crippen LogP contribution in [0.15, 0.2) is 48.5 Å². The molecule has 2 aromatic rings. The number of rotatable bonds is 6. The lowest BCUT2D eigenvalue weighted by atomic mass is 9.95. The Hall–Kier alpha value is -2.89. The fourth-order valence-electron chi connectivity index (χ4n) is 3.71. The molecule has 0 aliphatic carbocycles. The average molecular weight is 397 g/mol. The van der Waals surface area contributed by atoms with Gasteiger partial charge in [0.15, 0.2) is 0 Å². The number of benzene rings is 2. The Morgan fingerprint density at radius 2 is 1.59 bits per heavy atom. The van der Waals surface area contributed by atoms with Gasteiger partial charge in [-0.25, -0.2) is 4.39 Å². The van der Waals surface area contributed by atoms with Gasteiger partial charge in [0.2, 0.25) is 5.91 Å². The maximum absolute atomic E-state index is 13.0. The van der Waals surface area contributed by atoms with Crippen LogP contribution in [0, 0.1) is 11.7 Å². The number of piperidine rings is 1. The second-order valence-corrected chi connectivity index (χ2v) is 7.28. The second-order valence-electron chi connectivity index (χ2n) is 7.28. The fraction of sp³-hybridized carbons (Fsp3) is 0.391. The molecule has 2 aromatic carbocycles. The van der Waals surface area contributed by atoms with Crippen LogP contribution < -0.4 is 10.2 Å². The molecule has 5 nitrogen and oxygen atoms in total. The number of carbonyl (C=O) groups excluding carboxylic acids is 2. The number of amides is 2. The number of hydrogen-bond donors (Lipinski definition) is 1. The summed E-state index contributed by atoms with van der Waals surface area (Å²) in [5.74, 6) is -0.595. The highest BCUT2D eigenvalue weighted by atomic mass is 19.1. The van der Waals surface area contributed by atoms with Gasteiger partial charge in [-0.3, -0.25) is 9.59 Å². The summed E-state index contributed by atoms with van der Waals surface area (Å²) in [5, 5.41) is 2.99. The van der Waals surface area contributed by atoms with Crippen LogP contribution in [0.2, 0.25) is 0 Å². The number of carbonyl (C=O) groups is 2. The first kappa shape index (κ1) is 20.8. The number of anilines is 2. The molecule has 1 N–H and O–H groups in total. The molecule has 1 saturated heterocycles. The first-order valence-electron chi connectivity index (χ1n) is 10.2. The summed E-state index contributed by atoms with van der Waals surface area (Å²) in [6.45, 7) is 7.16. The molecule has 154 valence electrons. The predicted molar refractivity (Wildman–Crippen MR) is 114 cm³/mol. The molecule has 2 amide bonds. The Kier molecular flexibility index (Phi) is 6.86. The van der Waals surface area contributed by atoms with Crippen LogP contribution >= 0.6 is 0 Å². The Balaban J connectivity index is 1.52. The van der Waals surface area contributed by atoms with E-state index in [4.69, 9.17) is 0 Å². The van der Waals surface area contributed by atoms with E-state index in [1.165, 1.54) is 24.3 Å². The number of halogens is 1. The smallest absolute Gasteiger partial charge is 0.253 e. The molecule has 0 atom stereocenters. The third kappa shape index (κ3) is 5.13. The summed E-state index contributed by atoms with van der Waals surface area (Å²) in [6, 6.07) is 13.5. The SMILES string of the molecule is CCN(CC)c1ccc(NC(=O)C2CCN(C(=O)c3ccc(F)cc3)CC2)cc1. The third-order valence-electron chi connectivity index (χ3n) is 5.51. The molecule has 0 radical (unpaired) electrons. The zero-order valence-corrected chi connectivity index (χ0v) is 17.0. The summed E-state index contributed by atoms with van der Waals surface area (Å²) < 4.78 is 13.0. The molecule has 1 aliphatic heterocycles. The van der Waals surface area contributed by atoms with Gasteiger partial charge in [0.05, 0.1) is 0 Å². The standard InChI is InChI=1S/C23H28FN3O2/c1-3-26(4-2)21-11-9-20(10-12-21)25-22(28)17-13-15-27(16-14-17)23(29)18-5-7-19(24)8-6-18/h5-12,17H,3-4,13-16H2,1-2H3,(H,25,28). The van der Waals surface area contributed by atoms with E-state index in [1.807, 2.05) is 24.3 Å². The Morgan fingerprint density at radius 3 is 2.14 bits per heavy atom. The average Bonchev–Trinajstić information content (AvgIpc) is 2.76. The molecule has 3 rings (SSSR count). The van der Waals surface area contributed by atoms with E-state index in [0.717, 1.165) is 24.5 Å². The van der Waals surface area contributed by atoms with Gasteiger partial charge in [-0.15, -0.1) is 0 Å². The van der Waals surface area contributed by atoms with Gasteiger partial charge in [-0.1, -0.05) is 0 Å². The third-order valence-corrected chi connectivity index (χ3v) is 5.51. The van der Waals surface area contributed by atoms with Crippen LogP contribution in [0.25, 0.3) is 0 Å². The molecule has 1 fully saturated rings. The highest BCUT2D eigenvalue weighted by Gasteiger charge is 2.28. The van der Waals surface area contributed by atoms with Crippen molar-refractivity contribution >= 4 is 23.2 Å². The molecule has 0 spiro atoms. The van der Waals surface area contributed by atoms with E-state index in [0.29, 0.717) is 31.5 Å². The van der Waals surface area contributed by atoms with Crippen molar-refractivity contribution in [1.29, 1.82) is 0 Å². The maximum atomic E-state index is 13.0. The number of nitrogens with one attached hydrogen (secondary N) is 1. The van der Waals surface area contributed by atoms with Gasteiger partial charge in [0.1, 0.15) is 5.82 Å². The van der Waals surface area contributed by atoms with Crippen LogP contribution in [0.1, 0.15) is 37.0 Å². The first-order valence-corrected chi connectivity index (χ1v) is 10.2. The first-order chi connectivity index (χ1) is 14.0. The zero-order chi connectivity index (χ0) is 20.8. The van der Waals surface area contributed by atoms with Crippen LogP contribution in [0.3, 0.4) is 0 Å². The molecular formula is C23H28FN3O2. The van der Waals surface area contributed by atoms with E-state index < -0.39 is 0 Å². The van der Waals surface area contributed by atoms with Crippen molar-refractivity contribution in [3.05, 3.63) is 59.9 Å². The van der Waals surface area contributed by atoms with Crippen molar-refractivity contribution in [3.8, 4) is 0 Å². The Labute approximate surface area is 171 Å². The Bertz CT molecular complexity index is 824. The highest BCUT2D eigenvalue weighted by Crippen LogP contribution is 2.23. The Morgan fingerprint density at radius 1 is 1.00 bits per heavy atom. The summed E-state index contributed by atoms with van der Waals surface area (Å²) >= 11 is 0. The minimum atomic E-state index is -0.359. The molecular weight excluding hydrogens is 369 g/mol. The van der Waals surface area contributed by atoms with Crippen molar-refractivity contribution in [1.82, 2.24) is 4.90 Å². The van der Waals surface area contributed by atoms with Crippen molar-refractivity contribution in [2.24, 2.45) is 5.92 Å². The minimum Gasteiger partial charge on any atom is -0.372 e. The van der Waals surface area contributed by atoms with Gasteiger partial charge in [0.25, 0.3) is 5.91 Å². The van der Waals surface area contributed by atoms with E-state index in [2.05, 4.69) is 24.1 Å². The van der Waals surface area contributed by atoms with E-state index in [9.17, 15) is 14.0 Å². The van der Waals surface area contributed by atoms with Gasteiger partial charge in [0, 0.05) is 49.0 Å². The second kappa shape index (κ2) is 9.54. The van der Waals surface area contributed by atoms with Crippen molar-refractivity contribution < 1.29 is 14.0 Å². The largest absolute Gasteiger partial charge is 0.372 e. The number of nitrogens with zero attached hydrogens (tertiary/aromatic N) is 2. The van der Waals surface area contributed by atoms with Gasteiger partial charge in [-0.2, -0.15) is 0 Å². The molecule has 1 aliphatic rings. The maximum Gasteiger partial charge on any atom is 0.253 e. The molecule has 0 aromatic heterocycles. The lowest BCUT2D eigenvalue weighted by Crippen LogP contribution is -2.41. The van der Waals surface area contributed by atoms with Crippen LogP contribution in [-0.2, 0) is 4.79 Å². The molecule has 0 saturated carbocycles. The quantitative estimate of drug-likeness (QED) is 0.796. The monoisotopic (exact) mass is 397 g/mol. The molecule has 0 unspecified atom stereocenters. The highest BCUT2D eigenvalue weighted by molar-refractivity contribution is 5.95. The van der Waals surface area contributed by atoms with Crippen molar-refractivity contribution in [3.63, 3.8) is 0 Å². The lowest BCUT2D eigenvalue weighted by molar-refractivity contribution is -0.121. The van der Waals surface area contributed by atoms with Crippen LogP contribution in [0.5, 0.6) is 0 Å². The van der Waals surface area contributed by atoms with Crippen LogP contribution in [-0.4, -0.2) is 42.9 Å². The van der Waals surface area contributed by atoms with E-state index >= 15 is 0 Å². The van der Waals surface area contributed by atoms with Crippen LogP contribution in [0.4, 0.5) is 15.8 Å². The van der Waals surface area contributed by atoms with Gasteiger partial charge in [-0.05, 0) is 75.2 Å². The molecule has 29 heavy (non-hydrogen) atoms. The predicted octanol–water partition coefficient (Wildman–Crippen LogP) is 4.16. The van der Waals surface area contributed by atoms with Gasteiger partial charge >= 0.3 is 0 Å². The zero-order valence-electron chi connectivity index (χ0n) is 17.0. The van der Waals surface area contributed by atoms with E-state index in [1.54, 1.807) is 4.90 Å². The normalized spacial score (nSPS) is 14.5. The van der Waals surface area contributed by atoms with Crippen molar-refractivity contribution in [2.75, 3.05) is 36.4 Å². The summed E-state index contributed by atoms with van der Waals surface area (Å²) in [4.78, 5) is 29.1. The summed E-state index contributed by atoms with van der Waals surface area (Å²) in [6.07, 6.45) is 1.24. The van der Waals surface area contributed by atoms with E-state index in [-0.39, 0.29) is 23.5 Å². The summed E-state index contributed by atoms with van der Waals surface area (Å²) in [5.41, 5.74) is 2.40. The lowest BCUT2D eigenvalue weighted by Gasteiger charge is -2.31. The van der Waals surface area contributed by atoms with Gasteiger partial charge < -0.3 is 15.1 Å². The molecule has 1 heterocycles. The minimum absolute atomic E-state index is 0.00512. The fourth-order valence-corrected chi connectivity index (χ4v) is 3.71.